The summed E-state index contributed by atoms with van der Waals surface area (Å²) in [7, 11) is 0. The van der Waals surface area contributed by atoms with Crippen LogP contribution in [0.1, 0.15) is 11.4 Å². The van der Waals surface area contributed by atoms with Crippen molar-refractivity contribution < 1.29 is 8.78 Å². The van der Waals surface area contributed by atoms with Gasteiger partial charge in [0, 0.05) is 18.9 Å². The number of rotatable bonds is 3. The quantitative estimate of drug-likeness (QED) is 0.757. The van der Waals surface area contributed by atoms with Gasteiger partial charge in [-0.05, 0) is 17.7 Å². The van der Waals surface area contributed by atoms with Crippen LogP contribution in [0.5, 0.6) is 0 Å². The number of hydrogen-bond donors (Lipinski definition) is 0. The summed E-state index contributed by atoms with van der Waals surface area (Å²) in [4.78, 5) is 4.03. The average Bonchev–Trinajstić information content (AvgIpc) is 2.71. The van der Waals surface area contributed by atoms with Crippen molar-refractivity contribution in [2.24, 2.45) is 0 Å². The Labute approximate surface area is 96.5 Å². The van der Waals surface area contributed by atoms with Gasteiger partial charge >= 0.3 is 0 Å². The molecule has 16 heavy (non-hydrogen) atoms. The van der Waals surface area contributed by atoms with Gasteiger partial charge in [-0.3, -0.25) is 0 Å². The molecule has 0 N–H and O–H groups in total. The zero-order valence-corrected chi connectivity index (χ0v) is 9.09. The van der Waals surface area contributed by atoms with Gasteiger partial charge in [0.05, 0.1) is 5.88 Å². The number of benzene rings is 1. The molecule has 5 heteroatoms. The van der Waals surface area contributed by atoms with Crippen LogP contribution >= 0.6 is 11.6 Å². The molecule has 2 rings (SSSR count). The van der Waals surface area contributed by atoms with Crippen LogP contribution in [0.2, 0.25) is 0 Å². The Hall–Kier alpha value is -1.42. The first-order valence-corrected chi connectivity index (χ1v) is 5.24. The van der Waals surface area contributed by atoms with E-state index in [9.17, 15) is 8.78 Å². The van der Waals surface area contributed by atoms with E-state index in [1.165, 1.54) is 12.1 Å². The smallest absolute Gasteiger partial charge is 0.159 e. The van der Waals surface area contributed by atoms with Crippen molar-refractivity contribution in [1.82, 2.24) is 9.55 Å². The third-order valence-electron chi connectivity index (χ3n) is 2.26. The lowest BCUT2D eigenvalue weighted by Crippen LogP contribution is -2.03. The number of halogens is 3. The highest BCUT2D eigenvalue weighted by Gasteiger charge is 2.05. The van der Waals surface area contributed by atoms with Gasteiger partial charge in [-0.25, -0.2) is 13.8 Å². The second kappa shape index (κ2) is 4.61. The van der Waals surface area contributed by atoms with Crippen molar-refractivity contribution in [3.63, 3.8) is 0 Å². The largest absolute Gasteiger partial charge is 0.330 e. The highest BCUT2D eigenvalue weighted by Crippen LogP contribution is 2.11. The lowest BCUT2D eigenvalue weighted by Gasteiger charge is -2.06. The molecule has 0 unspecified atom stereocenters. The number of aromatic nitrogens is 2. The van der Waals surface area contributed by atoms with Crippen LogP contribution in [0.25, 0.3) is 0 Å². The van der Waals surface area contributed by atoms with Gasteiger partial charge in [-0.2, -0.15) is 0 Å². The molecular weight excluding hydrogens is 234 g/mol. The van der Waals surface area contributed by atoms with Crippen LogP contribution in [-0.2, 0) is 12.4 Å². The maximum Gasteiger partial charge on any atom is 0.159 e. The van der Waals surface area contributed by atoms with E-state index in [2.05, 4.69) is 4.98 Å². The predicted molar refractivity (Wildman–Crippen MR) is 57.2 cm³/mol. The zero-order valence-electron chi connectivity index (χ0n) is 8.33. The minimum atomic E-state index is -0.843. The first-order chi connectivity index (χ1) is 7.70. The Morgan fingerprint density at radius 1 is 1.25 bits per heavy atom. The molecule has 1 heterocycles. The minimum Gasteiger partial charge on any atom is -0.330 e. The van der Waals surface area contributed by atoms with E-state index in [0.717, 1.165) is 6.07 Å². The molecule has 0 saturated heterocycles. The van der Waals surface area contributed by atoms with Crippen molar-refractivity contribution in [3.05, 3.63) is 53.6 Å². The van der Waals surface area contributed by atoms with E-state index >= 15 is 0 Å². The van der Waals surface area contributed by atoms with Crippen LogP contribution in [0.3, 0.4) is 0 Å². The van der Waals surface area contributed by atoms with E-state index in [0.29, 0.717) is 17.9 Å². The van der Waals surface area contributed by atoms with Crippen LogP contribution in [-0.4, -0.2) is 9.55 Å². The van der Waals surface area contributed by atoms with Gasteiger partial charge in [0.2, 0.25) is 0 Å². The van der Waals surface area contributed by atoms with E-state index in [1.54, 1.807) is 17.0 Å². The second-order valence-corrected chi connectivity index (χ2v) is 3.62. The Bertz CT molecular complexity index is 496. The van der Waals surface area contributed by atoms with Crippen LogP contribution in [0.15, 0.2) is 30.6 Å². The molecule has 0 bridgehead atoms. The maximum atomic E-state index is 13.0. The van der Waals surface area contributed by atoms with Crippen LogP contribution < -0.4 is 0 Å². The second-order valence-electron chi connectivity index (χ2n) is 3.35. The molecule has 84 valence electrons. The SMILES string of the molecule is Fc1ccc(Cn2ccnc2CCl)cc1F. The average molecular weight is 243 g/mol. The molecule has 0 aliphatic rings. The predicted octanol–water partition coefficient (Wildman–Crippen LogP) is 2.95. The lowest BCUT2D eigenvalue weighted by atomic mass is 10.2. The van der Waals surface area contributed by atoms with Crippen molar-refractivity contribution in [1.29, 1.82) is 0 Å². The summed E-state index contributed by atoms with van der Waals surface area (Å²) in [5.74, 6) is -0.695. The van der Waals surface area contributed by atoms with E-state index in [4.69, 9.17) is 11.6 Å². The highest BCUT2D eigenvalue weighted by molar-refractivity contribution is 6.16. The molecule has 0 spiro atoms. The van der Waals surface area contributed by atoms with Crippen molar-refractivity contribution in [2.45, 2.75) is 12.4 Å². The fraction of sp³-hybridized carbons (Fsp3) is 0.182. The normalized spacial score (nSPS) is 10.7. The third-order valence-corrected chi connectivity index (χ3v) is 2.50. The molecule has 2 nitrogen and oxygen atoms in total. The zero-order chi connectivity index (χ0) is 11.5. The summed E-state index contributed by atoms with van der Waals surface area (Å²) in [6, 6.07) is 3.83. The number of imidazole rings is 1. The Morgan fingerprint density at radius 2 is 2.06 bits per heavy atom. The van der Waals surface area contributed by atoms with E-state index in [-0.39, 0.29) is 5.88 Å². The molecular formula is C11H9ClF2N2. The standard InChI is InChI=1S/C11H9ClF2N2/c12-6-11-15-3-4-16(11)7-8-1-2-9(13)10(14)5-8/h1-5H,6-7H2. The van der Waals surface area contributed by atoms with E-state index < -0.39 is 11.6 Å². The van der Waals surface area contributed by atoms with E-state index in [1.807, 2.05) is 0 Å². The summed E-state index contributed by atoms with van der Waals surface area (Å²) in [6.45, 7) is 0.430. The third kappa shape index (κ3) is 2.22. The van der Waals surface area contributed by atoms with Crippen LogP contribution in [0, 0.1) is 11.6 Å². The summed E-state index contributed by atoms with van der Waals surface area (Å²) in [5, 5.41) is 0. The van der Waals surface area contributed by atoms with Crippen molar-refractivity contribution in [2.75, 3.05) is 0 Å². The highest BCUT2D eigenvalue weighted by atomic mass is 35.5. The molecule has 1 aromatic heterocycles. The summed E-state index contributed by atoms with van der Waals surface area (Å²) >= 11 is 5.68. The Kier molecular flexibility index (Phi) is 3.19. The molecule has 0 aliphatic carbocycles. The van der Waals surface area contributed by atoms with Crippen LogP contribution in [0.4, 0.5) is 8.78 Å². The molecule has 0 saturated carbocycles. The van der Waals surface area contributed by atoms with Gasteiger partial charge < -0.3 is 4.57 Å². The summed E-state index contributed by atoms with van der Waals surface area (Å²) < 4.78 is 27.5. The van der Waals surface area contributed by atoms with Crippen molar-refractivity contribution in [3.8, 4) is 0 Å². The lowest BCUT2D eigenvalue weighted by molar-refractivity contribution is 0.506. The topological polar surface area (TPSA) is 17.8 Å². The van der Waals surface area contributed by atoms with Gasteiger partial charge in [0.1, 0.15) is 5.82 Å². The molecule has 0 aliphatic heterocycles. The molecule has 2 aromatic rings. The fourth-order valence-corrected chi connectivity index (χ4v) is 1.67. The molecule has 0 radical (unpaired) electrons. The summed E-state index contributed by atoms with van der Waals surface area (Å²) in [6.07, 6.45) is 3.37. The maximum absolute atomic E-state index is 13.0. The van der Waals surface area contributed by atoms with Gasteiger partial charge in [-0.15, -0.1) is 11.6 Å². The van der Waals surface area contributed by atoms with Gasteiger partial charge in [0.25, 0.3) is 0 Å². The molecule has 1 aromatic carbocycles. The molecule has 0 amide bonds. The number of hydrogen-bond acceptors (Lipinski definition) is 1. The Morgan fingerprint density at radius 3 is 2.75 bits per heavy atom. The number of nitrogens with zero attached hydrogens (tertiary/aromatic N) is 2. The minimum absolute atomic E-state index is 0.288. The van der Waals surface area contributed by atoms with Gasteiger partial charge in [0.15, 0.2) is 11.6 Å². The van der Waals surface area contributed by atoms with Gasteiger partial charge in [-0.1, -0.05) is 6.07 Å². The Balaban J connectivity index is 2.24. The fourth-order valence-electron chi connectivity index (χ4n) is 1.45. The first-order valence-electron chi connectivity index (χ1n) is 4.70. The first kappa shape index (κ1) is 11.1. The molecule has 0 fully saturated rings. The molecule has 0 atom stereocenters. The number of alkyl halides is 1. The summed E-state index contributed by atoms with van der Waals surface area (Å²) in [5.41, 5.74) is 0.670. The van der Waals surface area contributed by atoms with Crippen molar-refractivity contribution >= 4 is 11.6 Å². The monoisotopic (exact) mass is 242 g/mol.